The Morgan fingerprint density at radius 1 is 1.64 bits per heavy atom. The highest BCUT2D eigenvalue weighted by Crippen LogP contribution is 2.38. The lowest BCUT2D eigenvalue weighted by Crippen LogP contribution is -2.36. The Balaban J connectivity index is 2.31. The molecule has 1 fully saturated rings. The minimum absolute atomic E-state index is 0.470. The SMILES string of the molecule is C=CC(C)N(CCOC)CC1CC1C. The fraction of sp³-hybridized carbons (Fsp3) is 0.833. The van der Waals surface area contributed by atoms with Gasteiger partial charge in [-0.1, -0.05) is 13.0 Å². The molecule has 14 heavy (non-hydrogen) atoms. The third-order valence-corrected chi connectivity index (χ3v) is 3.24. The summed E-state index contributed by atoms with van der Waals surface area (Å²) in [5.41, 5.74) is 0. The lowest BCUT2D eigenvalue weighted by atomic mass is 10.2. The first-order valence-corrected chi connectivity index (χ1v) is 5.54. The molecule has 0 N–H and O–H groups in total. The number of nitrogens with zero attached hydrogens (tertiary/aromatic N) is 1. The van der Waals surface area contributed by atoms with E-state index in [4.69, 9.17) is 4.74 Å². The Hall–Kier alpha value is -0.340. The van der Waals surface area contributed by atoms with E-state index in [1.807, 2.05) is 6.08 Å². The monoisotopic (exact) mass is 197 g/mol. The Morgan fingerprint density at radius 2 is 2.29 bits per heavy atom. The van der Waals surface area contributed by atoms with Crippen molar-refractivity contribution >= 4 is 0 Å². The largest absolute Gasteiger partial charge is 0.383 e. The van der Waals surface area contributed by atoms with Crippen molar-refractivity contribution in [2.24, 2.45) is 11.8 Å². The molecule has 3 atom stereocenters. The quantitative estimate of drug-likeness (QED) is 0.580. The van der Waals surface area contributed by atoms with E-state index in [1.54, 1.807) is 7.11 Å². The molecule has 1 saturated carbocycles. The standard InChI is InChI=1S/C12H23NO/c1-5-11(3)13(6-7-14-4)9-12-8-10(12)2/h5,10-12H,1,6-9H2,2-4H3. The summed E-state index contributed by atoms with van der Waals surface area (Å²) >= 11 is 0. The summed E-state index contributed by atoms with van der Waals surface area (Å²) in [5.74, 6) is 1.84. The van der Waals surface area contributed by atoms with Gasteiger partial charge in [-0.3, -0.25) is 4.90 Å². The van der Waals surface area contributed by atoms with Crippen molar-refractivity contribution in [1.82, 2.24) is 4.90 Å². The first kappa shape index (κ1) is 11.7. The van der Waals surface area contributed by atoms with Crippen LogP contribution in [-0.4, -0.2) is 37.7 Å². The summed E-state index contributed by atoms with van der Waals surface area (Å²) in [7, 11) is 1.76. The first-order valence-electron chi connectivity index (χ1n) is 5.54. The maximum atomic E-state index is 5.12. The number of hydrogen-bond donors (Lipinski definition) is 0. The van der Waals surface area contributed by atoms with Crippen LogP contribution in [0.15, 0.2) is 12.7 Å². The predicted octanol–water partition coefficient (Wildman–Crippen LogP) is 2.17. The van der Waals surface area contributed by atoms with E-state index >= 15 is 0 Å². The van der Waals surface area contributed by atoms with E-state index < -0.39 is 0 Å². The van der Waals surface area contributed by atoms with Gasteiger partial charge in [0, 0.05) is 26.2 Å². The van der Waals surface area contributed by atoms with Crippen LogP contribution in [0, 0.1) is 11.8 Å². The van der Waals surface area contributed by atoms with E-state index in [-0.39, 0.29) is 0 Å². The minimum Gasteiger partial charge on any atom is -0.383 e. The highest BCUT2D eigenvalue weighted by Gasteiger charge is 2.34. The van der Waals surface area contributed by atoms with Crippen molar-refractivity contribution in [3.63, 3.8) is 0 Å². The third-order valence-electron chi connectivity index (χ3n) is 3.24. The lowest BCUT2D eigenvalue weighted by molar-refractivity contribution is 0.132. The molecule has 0 aromatic carbocycles. The highest BCUT2D eigenvalue weighted by atomic mass is 16.5. The maximum Gasteiger partial charge on any atom is 0.0589 e. The van der Waals surface area contributed by atoms with Crippen LogP contribution in [0.5, 0.6) is 0 Å². The van der Waals surface area contributed by atoms with E-state index in [1.165, 1.54) is 13.0 Å². The van der Waals surface area contributed by atoms with Crippen molar-refractivity contribution in [2.75, 3.05) is 26.8 Å². The molecule has 1 aliphatic rings. The Kier molecular flexibility index (Phi) is 4.63. The Labute approximate surface area is 87.9 Å². The molecule has 0 heterocycles. The van der Waals surface area contributed by atoms with E-state index in [0.717, 1.165) is 25.0 Å². The smallest absolute Gasteiger partial charge is 0.0589 e. The van der Waals surface area contributed by atoms with Crippen LogP contribution in [-0.2, 0) is 4.74 Å². The van der Waals surface area contributed by atoms with Crippen molar-refractivity contribution in [1.29, 1.82) is 0 Å². The lowest BCUT2D eigenvalue weighted by Gasteiger charge is -2.26. The number of hydrogen-bond acceptors (Lipinski definition) is 2. The van der Waals surface area contributed by atoms with Gasteiger partial charge < -0.3 is 4.74 Å². The summed E-state index contributed by atoms with van der Waals surface area (Å²) in [6.45, 7) is 11.4. The molecule has 2 heteroatoms. The third kappa shape index (κ3) is 3.43. The molecule has 1 aliphatic carbocycles. The molecular weight excluding hydrogens is 174 g/mol. The first-order chi connectivity index (χ1) is 6.69. The van der Waals surface area contributed by atoms with Crippen LogP contribution in [0.3, 0.4) is 0 Å². The summed E-state index contributed by atoms with van der Waals surface area (Å²) in [5, 5.41) is 0. The average Bonchev–Trinajstić information content (AvgIpc) is 2.87. The van der Waals surface area contributed by atoms with E-state index in [2.05, 4.69) is 25.3 Å². The van der Waals surface area contributed by atoms with Crippen molar-refractivity contribution < 1.29 is 4.74 Å². The predicted molar refractivity (Wildman–Crippen MR) is 60.4 cm³/mol. The summed E-state index contributed by atoms with van der Waals surface area (Å²) in [4.78, 5) is 2.46. The molecule has 0 bridgehead atoms. The van der Waals surface area contributed by atoms with Crippen LogP contribution >= 0.6 is 0 Å². The zero-order valence-corrected chi connectivity index (χ0v) is 9.70. The van der Waals surface area contributed by atoms with Crippen LogP contribution in [0.2, 0.25) is 0 Å². The molecule has 0 aromatic heterocycles. The second-order valence-corrected chi connectivity index (χ2v) is 4.44. The molecule has 0 saturated heterocycles. The van der Waals surface area contributed by atoms with Crippen molar-refractivity contribution in [2.45, 2.75) is 26.3 Å². The van der Waals surface area contributed by atoms with Crippen LogP contribution in [0.4, 0.5) is 0 Å². The number of rotatable bonds is 7. The van der Waals surface area contributed by atoms with Crippen molar-refractivity contribution in [3.05, 3.63) is 12.7 Å². The zero-order valence-electron chi connectivity index (χ0n) is 9.70. The molecule has 2 nitrogen and oxygen atoms in total. The van der Waals surface area contributed by atoms with E-state index in [0.29, 0.717) is 6.04 Å². The molecule has 3 unspecified atom stereocenters. The second-order valence-electron chi connectivity index (χ2n) is 4.44. The van der Waals surface area contributed by atoms with Gasteiger partial charge in [-0.2, -0.15) is 0 Å². The minimum atomic E-state index is 0.470. The summed E-state index contributed by atoms with van der Waals surface area (Å²) in [6, 6.07) is 0.470. The molecule has 0 spiro atoms. The number of methoxy groups -OCH3 is 1. The summed E-state index contributed by atoms with van der Waals surface area (Å²) in [6.07, 6.45) is 3.41. The Bertz CT molecular complexity index is 181. The molecule has 82 valence electrons. The second kappa shape index (κ2) is 5.52. The van der Waals surface area contributed by atoms with Gasteiger partial charge in [0.25, 0.3) is 0 Å². The molecule has 0 amide bonds. The molecule has 1 rings (SSSR count). The van der Waals surface area contributed by atoms with Crippen LogP contribution in [0.1, 0.15) is 20.3 Å². The average molecular weight is 197 g/mol. The van der Waals surface area contributed by atoms with Gasteiger partial charge in [0.05, 0.1) is 6.61 Å². The van der Waals surface area contributed by atoms with E-state index in [9.17, 15) is 0 Å². The van der Waals surface area contributed by atoms with Crippen molar-refractivity contribution in [3.8, 4) is 0 Å². The Morgan fingerprint density at radius 3 is 2.71 bits per heavy atom. The van der Waals surface area contributed by atoms with Crippen LogP contribution < -0.4 is 0 Å². The fourth-order valence-electron chi connectivity index (χ4n) is 1.77. The van der Waals surface area contributed by atoms with Crippen LogP contribution in [0.25, 0.3) is 0 Å². The van der Waals surface area contributed by atoms with Gasteiger partial charge in [0.15, 0.2) is 0 Å². The highest BCUT2D eigenvalue weighted by molar-refractivity contribution is 4.90. The van der Waals surface area contributed by atoms with Gasteiger partial charge in [-0.15, -0.1) is 6.58 Å². The van der Waals surface area contributed by atoms with Gasteiger partial charge in [-0.05, 0) is 25.2 Å². The number of ether oxygens (including phenoxy) is 1. The fourth-order valence-corrected chi connectivity index (χ4v) is 1.77. The van der Waals surface area contributed by atoms with Gasteiger partial charge in [0.1, 0.15) is 0 Å². The molecular formula is C12H23NO. The summed E-state index contributed by atoms with van der Waals surface area (Å²) < 4.78 is 5.12. The zero-order chi connectivity index (χ0) is 10.6. The molecule has 0 aliphatic heterocycles. The normalized spacial score (nSPS) is 27.7. The van der Waals surface area contributed by atoms with Gasteiger partial charge in [-0.25, -0.2) is 0 Å². The molecule has 0 radical (unpaired) electrons. The topological polar surface area (TPSA) is 12.5 Å². The van der Waals surface area contributed by atoms with Gasteiger partial charge in [0.2, 0.25) is 0 Å². The van der Waals surface area contributed by atoms with Gasteiger partial charge >= 0.3 is 0 Å². The maximum absolute atomic E-state index is 5.12. The molecule has 0 aromatic rings.